The fourth-order valence-electron chi connectivity index (χ4n) is 4.19. The van der Waals surface area contributed by atoms with Gasteiger partial charge < -0.3 is 29.7 Å². The van der Waals surface area contributed by atoms with Crippen molar-refractivity contribution in [2.75, 3.05) is 31.4 Å². The summed E-state index contributed by atoms with van der Waals surface area (Å²) in [5.74, 6) is 1.88. The lowest BCUT2D eigenvalue weighted by Crippen LogP contribution is -2.40. The number of benzene rings is 3. The predicted molar refractivity (Wildman–Crippen MR) is 144 cm³/mol. The molecule has 0 aliphatic carbocycles. The fraction of sp³-hybridized carbons (Fsp3) is 0.286. The fourth-order valence-corrected chi connectivity index (χ4v) is 4.38. The molecule has 0 spiro atoms. The Kier molecular flexibility index (Phi) is 8.40. The minimum Gasteiger partial charge on any atom is -0.493 e. The quantitative estimate of drug-likeness (QED) is 0.393. The molecule has 194 valence electrons. The standard InChI is InChI=1S/C28H30ClN3O5/c1-4-23-27(33)32(13-12-18-8-10-25(35-2)26(14-18)36-3)17-19-15-22(9-11-24(19)37-23)31-28(34)30-21-7-5-6-20(29)16-21/h5-11,14-16,23H,4,12-13,17H2,1-3H3,(H2,30,31,34)/t23-/m0/s1. The highest BCUT2D eigenvalue weighted by Crippen LogP contribution is 2.31. The van der Waals surface area contributed by atoms with Crippen LogP contribution in [0.1, 0.15) is 24.5 Å². The van der Waals surface area contributed by atoms with E-state index in [9.17, 15) is 9.59 Å². The Morgan fingerprint density at radius 1 is 1.03 bits per heavy atom. The van der Waals surface area contributed by atoms with Crippen LogP contribution in [0.3, 0.4) is 0 Å². The summed E-state index contributed by atoms with van der Waals surface area (Å²) < 4.78 is 16.8. The summed E-state index contributed by atoms with van der Waals surface area (Å²) in [6, 6.07) is 17.6. The second-order valence-corrected chi connectivity index (χ2v) is 9.06. The van der Waals surface area contributed by atoms with E-state index in [-0.39, 0.29) is 5.91 Å². The van der Waals surface area contributed by atoms with Gasteiger partial charge in [-0.1, -0.05) is 30.7 Å². The third kappa shape index (κ3) is 6.46. The van der Waals surface area contributed by atoms with E-state index < -0.39 is 12.1 Å². The summed E-state index contributed by atoms with van der Waals surface area (Å²) in [6.07, 6.45) is 0.613. The molecule has 37 heavy (non-hydrogen) atoms. The van der Waals surface area contributed by atoms with Crippen molar-refractivity contribution in [3.05, 3.63) is 76.8 Å². The summed E-state index contributed by atoms with van der Waals surface area (Å²) in [5.41, 5.74) is 3.01. The number of methoxy groups -OCH3 is 2. The second-order valence-electron chi connectivity index (χ2n) is 8.63. The van der Waals surface area contributed by atoms with Crippen molar-refractivity contribution in [1.82, 2.24) is 4.90 Å². The first-order chi connectivity index (χ1) is 17.9. The highest BCUT2D eigenvalue weighted by molar-refractivity contribution is 6.30. The lowest BCUT2D eigenvalue weighted by Gasteiger charge is -2.23. The van der Waals surface area contributed by atoms with Gasteiger partial charge in [-0.3, -0.25) is 4.79 Å². The first-order valence-corrected chi connectivity index (χ1v) is 12.4. The molecule has 1 aliphatic heterocycles. The van der Waals surface area contributed by atoms with Crippen LogP contribution in [0.5, 0.6) is 17.2 Å². The van der Waals surface area contributed by atoms with Gasteiger partial charge in [0.15, 0.2) is 17.6 Å². The third-order valence-corrected chi connectivity index (χ3v) is 6.34. The Hall–Kier alpha value is -3.91. The molecule has 3 aromatic rings. The number of hydrogen-bond donors (Lipinski definition) is 2. The number of carbonyl (C=O) groups excluding carboxylic acids is 2. The number of nitrogens with one attached hydrogen (secondary N) is 2. The highest BCUT2D eigenvalue weighted by atomic mass is 35.5. The van der Waals surface area contributed by atoms with Gasteiger partial charge in [0.05, 0.1) is 14.2 Å². The number of fused-ring (bicyclic) bond motifs is 1. The molecule has 0 unspecified atom stereocenters. The van der Waals surface area contributed by atoms with E-state index in [0.717, 1.165) is 11.1 Å². The Bertz CT molecular complexity index is 1280. The maximum absolute atomic E-state index is 13.2. The zero-order valence-electron chi connectivity index (χ0n) is 21.0. The van der Waals surface area contributed by atoms with Crippen LogP contribution in [-0.4, -0.2) is 43.7 Å². The number of ether oxygens (including phenoxy) is 3. The van der Waals surface area contributed by atoms with Crippen molar-refractivity contribution in [3.8, 4) is 17.2 Å². The van der Waals surface area contributed by atoms with Gasteiger partial charge in [0.25, 0.3) is 5.91 Å². The maximum atomic E-state index is 13.2. The number of urea groups is 1. The number of carbonyl (C=O) groups is 2. The van der Waals surface area contributed by atoms with E-state index in [0.29, 0.717) is 59.6 Å². The lowest BCUT2D eigenvalue weighted by atomic mass is 10.1. The maximum Gasteiger partial charge on any atom is 0.323 e. The summed E-state index contributed by atoms with van der Waals surface area (Å²) in [4.78, 5) is 27.6. The van der Waals surface area contributed by atoms with E-state index >= 15 is 0 Å². The van der Waals surface area contributed by atoms with Crippen LogP contribution < -0.4 is 24.8 Å². The minimum atomic E-state index is -0.573. The van der Waals surface area contributed by atoms with Gasteiger partial charge in [0, 0.05) is 35.1 Å². The van der Waals surface area contributed by atoms with Gasteiger partial charge in [-0.25, -0.2) is 4.79 Å². The number of rotatable bonds is 8. The normalized spacial score (nSPS) is 14.8. The van der Waals surface area contributed by atoms with Crippen LogP contribution >= 0.6 is 11.6 Å². The number of anilines is 2. The van der Waals surface area contributed by atoms with Crippen LogP contribution in [0.4, 0.5) is 16.2 Å². The minimum absolute atomic E-state index is 0.0626. The highest BCUT2D eigenvalue weighted by Gasteiger charge is 2.30. The van der Waals surface area contributed by atoms with Gasteiger partial charge in [-0.05, 0) is 66.9 Å². The number of hydrogen-bond acceptors (Lipinski definition) is 5. The molecule has 0 aromatic heterocycles. The molecule has 0 radical (unpaired) electrons. The second kappa shape index (κ2) is 11.9. The van der Waals surface area contributed by atoms with Crippen LogP contribution in [0.15, 0.2) is 60.7 Å². The van der Waals surface area contributed by atoms with E-state index in [1.807, 2.05) is 31.2 Å². The Morgan fingerprint density at radius 2 is 1.78 bits per heavy atom. The van der Waals surface area contributed by atoms with E-state index in [4.69, 9.17) is 25.8 Å². The first kappa shape index (κ1) is 26.2. The van der Waals surface area contributed by atoms with Crippen molar-refractivity contribution < 1.29 is 23.8 Å². The molecule has 0 fully saturated rings. The van der Waals surface area contributed by atoms with Crippen LogP contribution in [0.25, 0.3) is 0 Å². The van der Waals surface area contributed by atoms with Crippen LogP contribution in [0, 0.1) is 0 Å². The molecule has 8 nitrogen and oxygen atoms in total. The van der Waals surface area contributed by atoms with Gasteiger partial charge >= 0.3 is 6.03 Å². The van der Waals surface area contributed by atoms with Gasteiger partial charge in [0.2, 0.25) is 0 Å². The summed E-state index contributed by atoms with van der Waals surface area (Å²) in [5, 5.41) is 6.13. The largest absolute Gasteiger partial charge is 0.493 e. The Balaban J connectivity index is 1.49. The molecule has 0 saturated heterocycles. The van der Waals surface area contributed by atoms with Crippen molar-refractivity contribution >= 4 is 34.9 Å². The lowest BCUT2D eigenvalue weighted by molar-refractivity contribution is -0.138. The molecular formula is C28H30ClN3O5. The monoisotopic (exact) mass is 523 g/mol. The number of halogens is 1. The molecule has 0 saturated carbocycles. The zero-order valence-corrected chi connectivity index (χ0v) is 21.8. The molecule has 1 aliphatic rings. The first-order valence-electron chi connectivity index (χ1n) is 12.0. The average Bonchev–Trinajstić information content (AvgIpc) is 3.02. The van der Waals surface area contributed by atoms with Crippen molar-refractivity contribution in [2.24, 2.45) is 0 Å². The van der Waals surface area contributed by atoms with E-state index in [1.54, 1.807) is 55.5 Å². The van der Waals surface area contributed by atoms with Gasteiger partial charge in [0.1, 0.15) is 5.75 Å². The van der Waals surface area contributed by atoms with Gasteiger partial charge in [-0.2, -0.15) is 0 Å². The molecular weight excluding hydrogens is 494 g/mol. The molecule has 2 N–H and O–H groups in total. The van der Waals surface area contributed by atoms with Crippen molar-refractivity contribution in [2.45, 2.75) is 32.4 Å². The molecule has 0 bridgehead atoms. The third-order valence-electron chi connectivity index (χ3n) is 6.11. The summed E-state index contributed by atoms with van der Waals surface area (Å²) in [7, 11) is 3.20. The summed E-state index contributed by atoms with van der Waals surface area (Å²) >= 11 is 6.00. The SMILES string of the molecule is CC[C@@H]1Oc2ccc(NC(=O)Nc3cccc(Cl)c3)cc2CN(CCc2ccc(OC)c(OC)c2)C1=O. The molecule has 3 amide bonds. The molecule has 1 atom stereocenters. The van der Waals surface area contributed by atoms with Crippen LogP contribution in [-0.2, 0) is 17.8 Å². The molecule has 4 rings (SSSR count). The van der Waals surface area contributed by atoms with E-state index in [2.05, 4.69) is 10.6 Å². The molecule has 1 heterocycles. The average molecular weight is 524 g/mol. The van der Waals surface area contributed by atoms with Crippen molar-refractivity contribution in [1.29, 1.82) is 0 Å². The summed E-state index contributed by atoms with van der Waals surface area (Å²) in [6.45, 7) is 2.79. The van der Waals surface area contributed by atoms with Crippen molar-refractivity contribution in [3.63, 3.8) is 0 Å². The predicted octanol–water partition coefficient (Wildman–Crippen LogP) is 5.74. The Labute approximate surface area is 221 Å². The molecule has 3 aromatic carbocycles. The smallest absolute Gasteiger partial charge is 0.323 e. The van der Waals surface area contributed by atoms with Gasteiger partial charge in [-0.15, -0.1) is 0 Å². The number of nitrogens with zero attached hydrogens (tertiary/aromatic N) is 1. The van der Waals surface area contributed by atoms with Crippen LogP contribution in [0.2, 0.25) is 5.02 Å². The van der Waals surface area contributed by atoms with E-state index in [1.165, 1.54) is 0 Å². The number of amides is 3. The molecule has 9 heteroatoms. The zero-order chi connectivity index (χ0) is 26.4. The Morgan fingerprint density at radius 3 is 2.49 bits per heavy atom. The topological polar surface area (TPSA) is 89.1 Å².